The van der Waals surface area contributed by atoms with Gasteiger partial charge in [0, 0.05) is 16.8 Å². The molecular formula is C37H39N3O. The van der Waals surface area contributed by atoms with E-state index in [1.54, 1.807) is 0 Å². The molecule has 1 fully saturated rings. The summed E-state index contributed by atoms with van der Waals surface area (Å²) in [5.41, 5.74) is 12.7. The molecule has 2 aliphatic carbocycles. The van der Waals surface area contributed by atoms with Crippen molar-refractivity contribution in [1.29, 1.82) is 0 Å². The Labute approximate surface area is 243 Å². The highest BCUT2D eigenvalue weighted by Gasteiger charge is 2.24. The number of carbonyl (C=O) groups is 1. The van der Waals surface area contributed by atoms with Gasteiger partial charge in [-0.25, -0.2) is 0 Å². The van der Waals surface area contributed by atoms with Crippen LogP contribution in [0.2, 0.25) is 0 Å². The molecule has 0 atom stereocenters. The second kappa shape index (κ2) is 12.7. The summed E-state index contributed by atoms with van der Waals surface area (Å²) in [6.07, 6.45) is 22.9. The van der Waals surface area contributed by atoms with Crippen molar-refractivity contribution in [3.63, 3.8) is 0 Å². The monoisotopic (exact) mass is 541 g/mol. The van der Waals surface area contributed by atoms with E-state index < -0.39 is 0 Å². The predicted octanol–water partition coefficient (Wildman–Crippen LogP) is 5.81. The smallest absolute Gasteiger partial charge is 0.161 e. The number of aromatic nitrogens is 1. The molecule has 41 heavy (non-hydrogen) atoms. The molecule has 2 N–H and O–H groups in total. The summed E-state index contributed by atoms with van der Waals surface area (Å²) in [5, 5.41) is 9.15. The molecule has 0 amide bonds. The lowest BCUT2D eigenvalue weighted by Crippen LogP contribution is -2.32. The van der Waals surface area contributed by atoms with Crippen molar-refractivity contribution in [1.82, 2.24) is 15.6 Å². The van der Waals surface area contributed by atoms with Crippen LogP contribution in [0.3, 0.4) is 0 Å². The van der Waals surface area contributed by atoms with Gasteiger partial charge in [0.05, 0.1) is 11.4 Å². The van der Waals surface area contributed by atoms with Crippen molar-refractivity contribution in [3.05, 3.63) is 117 Å². The number of rotatable bonds is 5. The maximum atomic E-state index is 13.2. The second-order valence-electron chi connectivity index (χ2n) is 11.4. The van der Waals surface area contributed by atoms with E-state index in [0.29, 0.717) is 5.78 Å². The summed E-state index contributed by atoms with van der Waals surface area (Å²) in [5.74, 6) is 0.594. The van der Waals surface area contributed by atoms with Gasteiger partial charge in [-0.1, -0.05) is 36.4 Å². The van der Waals surface area contributed by atoms with Crippen LogP contribution in [0.1, 0.15) is 68.3 Å². The summed E-state index contributed by atoms with van der Waals surface area (Å²) < 4.78 is 0. The van der Waals surface area contributed by atoms with E-state index in [0.717, 1.165) is 92.3 Å². The number of ketones is 1. The minimum Gasteiger partial charge on any atom is -0.360 e. The highest BCUT2D eigenvalue weighted by Crippen LogP contribution is 2.30. The van der Waals surface area contributed by atoms with Crippen LogP contribution in [0.4, 0.5) is 0 Å². The molecule has 0 spiro atoms. The molecule has 2 aliphatic heterocycles. The molecule has 1 aromatic heterocycles. The Morgan fingerprint density at radius 1 is 1.02 bits per heavy atom. The molecule has 4 nitrogen and oxygen atoms in total. The number of piperidine rings is 1. The lowest BCUT2D eigenvalue weighted by atomic mass is 9.85. The van der Waals surface area contributed by atoms with Gasteiger partial charge in [0.1, 0.15) is 0 Å². The number of pyridine rings is 1. The van der Waals surface area contributed by atoms with Crippen LogP contribution in [0.25, 0.3) is 23.1 Å². The molecule has 0 saturated carbocycles. The fourth-order valence-electron chi connectivity index (χ4n) is 6.34. The van der Waals surface area contributed by atoms with Gasteiger partial charge in [-0.3, -0.25) is 9.78 Å². The SMILES string of the molecule is Cc1cccc(C2=C(c3ccc4\c(c3)=C/C(C3=C/C/C=C(\C(=O)C5CCNCC5)CCC\3)=C\CC=C=4)CC=CN2)n1. The van der Waals surface area contributed by atoms with Crippen LogP contribution < -0.4 is 21.1 Å². The number of nitrogens with one attached hydrogen (secondary N) is 2. The van der Waals surface area contributed by atoms with Crippen LogP contribution >= 0.6 is 0 Å². The minimum atomic E-state index is 0.202. The first-order valence-electron chi connectivity index (χ1n) is 15.2. The zero-order chi connectivity index (χ0) is 28.0. The number of Topliss-reactive ketones (excluding diaryl/α,β-unsaturated/α-hetero) is 1. The average Bonchev–Trinajstić information content (AvgIpc) is 2.98. The van der Waals surface area contributed by atoms with Crippen LogP contribution in [0.15, 0.2) is 89.7 Å². The molecule has 208 valence electrons. The minimum absolute atomic E-state index is 0.202. The first-order chi connectivity index (χ1) is 20.2. The highest BCUT2D eigenvalue weighted by atomic mass is 16.1. The molecule has 2 aromatic rings. The lowest BCUT2D eigenvalue weighted by molar-refractivity contribution is -0.120. The van der Waals surface area contributed by atoms with E-state index in [9.17, 15) is 4.79 Å². The topological polar surface area (TPSA) is 54.0 Å². The third kappa shape index (κ3) is 6.35. The maximum absolute atomic E-state index is 13.2. The van der Waals surface area contributed by atoms with Gasteiger partial charge in [0.2, 0.25) is 0 Å². The summed E-state index contributed by atoms with van der Waals surface area (Å²) >= 11 is 0. The number of aryl methyl sites for hydroxylation is 1. The average molecular weight is 542 g/mol. The second-order valence-corrected chi connectivity index (χ2v) is 11.4. The normalized spacial score (nSPS) is 24.2. The van der Waals surface area contributed by atoms with E-state index >= 15 is 0 Å². The van der Waals surface area contributed by atoms with Gasteiger partial charge in [-0.2, -0.15) is 0 Å². The molecule has 6 rings (SSSR count). The Kier molecular flexibility index (Phi) is 8.41. The zero-order valence-electron chi connectivity index (χ0n) is 24.0. The van der Waals surface area contributed by atoms with Crippen LogP contribution in [-0.2, 0) is 4.79 Å². The number of allylic oxidation sites excluding steroid dienone is 9. The molecule has 0 unspecified atom stereocenters. The Bertz CT molecular complexity index is 1650. The van der Waals surface area contributed by atoms with Crippen molar-refractivity contribution in [3.8, 4) is 0 Å². The highest BCUT2D eigenvalue weighted by molar-refractivity contribution is 5.97. The summed E-state index contributed by atoms with van der Waals surface area (Å²) in [7, 11) is 0. The van der Waals surface area contributed by atoms with Crippen LogP contribution in [0, 0.1) is 12.8 Å². The fourth-order valence-corrected chi connectivity index (χ4v) is 6.34. The molecule has 4 heteroatoms. The first-order valence-corrected chi connectivity index (χ1v) is 15.2. The van der Waals surface area contributed by atoms with E-state index in [-0.39, 0.29) is 5.92 Å². The number of carbonyl (C=O) groups excluding carboxylic acids is 1. The quantitative estimate of drug-likeness (QED) is 0.502. The third-order valence-electron chi connectivity index (χ3n) is 8.56. The number of dihydropyridines is 1. The summed E-state index contributed by atoms with van der Waals surface area (Å²) in [6, 6.07) is 12.9. The largest absolute Gasteiger partial charge is 0.360 e. The van der Waals surface area contributed by atoms with E-state index in [1.165, 1.54) is 27.5 Å². The van der Waals surface area contributed by atoms with Gasteiger partial charge >= 0.3 is 0 Å². The van der Waals surface area contributed by atoms with Gasteiger partial charge in [-0.15, -0.1) is 5.73 Å². The lowest BCUT2D eigenvalue weighted by Gasteiger charge is -2.23. The van der Waals surface area contributed by atoms with Crippen LogP contribution in [0.5, 0.6) is 0 Å². The van der Waals surface area contributed by atoms with E-state index in [2.05, 4.69) is 83.2 Å². The number of fused-ring (bicyclic) bond motifs is 1. The number of nitrogens with zero attached hydrogens (tertiary/aromatic N) is 1. The van der Waals surface area contributed by atoms with Crippen molar-refractivity contribution < 1.29 is 4.79 Å². The van der Waals surface area contributed by atoms with Gasteiger partial charge < -0.3 is 10.6 Å². The van der Waals surface area contributed by atoms with Gasteiger partial charge in [0.15, 0.2) is 5.78 Å². The maximum Gasteiger partial charge on any atom is 0.161 e. The number of hydrogen-bond donors (Lipinski definition) is 2. The third-order valence-corrected chi connectivity index (χ3v) is 8.56. The van der Waals surface area contributed by atoms with Crippen molar-refractivity contribution in [2.75, 3.05) is 13.1 Å². The molecular weight excluding hydrogens is 502 g/mol. The molecule has 4 aliphatic rings. The van der Waals surface area contributed by atoms with Gasteiger partial charge in [0.25, 0.3) is 0 Å². The summed E-state index contributed by atoms with van der Waals surface area (Å²) in [4.78, 5) is 17.9. The van der Waals surface area contributed by atoms with E-state index in [4.69, 9.17) is 4.98 Å². The van der Waals surface area contributed by atoms with Gasteiger partial charge in [-0.05, 0) is 147 Å². The predicted molar refractivity (Wildman–Crippen MR) is 169 cm³/mol. The Morgan fingerprint density at radius 2 is 1.93 bits per heavy atom. The first kappa shape index (κ1) is 27.2. The Balaban J connectivity index is 1.31. The van der Waals surface area contributed by atoms with Crippen molar-refractivity contribution >= 4 is 28.9 Å². The molecule has 1 saturated heterocycles. The van der Waals surface area contributed by atoms with Crippen molar-refractivity contribution in [2.24, 2.45) is 5.92 Å². The molecule has 0 bridgehead atoms. The Morgan fingerprint density at radius 3 is 2.80 bits per heavy atom. The summed E-state index contributed by atoms with van der Waals surface area (Å²) in [6.45, 7) is 3.95. The molecule has 1 aromatic carbocycles. The standard InChI is InChI=1S/C37H39N3O/c1-26-8-4-16-35(40-26)36-34(15-7-21-39-36)32-18-17-28-9-2-3-10-31(24-33(28)25-32)27-11-5-13-29(14-6-12-27)37(41)30-19-22-38-23-20-30/h2,4,7-8,10-11,13,16-18,21,24-25,30,38-39H,3,5-6,12,14-15,19-20,22-23H2,1H3/b27-11+,29-13-,31-10+,33-24-. The van der Waals surface area contributed by atoms with E-state index in [1.807, 2.05) is 19.2 Å². The van der Waals surface area contributed by atoms with Crippen LogP contribution in [-0.4, -0.2) is 23.9 Å². The fraction of sp³-hybridized carbons (Fsp3) is 0.324. The Hall–Kier alpha value is -3.98. The van der Waals surface area contributed by atoms with Crippen molar-refractivity contribution in [2.45, 2.75) is 58.3 Å². The molecule has 0 radical (unpaired) electrons. The number of hydrogen-bond acceptors (Lipinski definition) is 4. The number of benzene rings is 1. The zero-order valence-corrected chi connectivity index (χ0v) is 24.0. The molecule has 3 heterocycles.